The third-order valence-corrected chi connectivity index (χ3v) is 4.18. The largest absolute Gasteiger partial charge is 0.347 e. The third-order valence-electron chi connectivity index (χ3n) is 4.18. The summed E-state index contributed by atoms with van der Waals surface area (Å²) in [7, 11) is 0. The molecule has 0 unspecified atom stereocenters. The molecule has 1 heterocycles. The smallest absolute Gasteiger partial charge is 0.262 e. The van der Waals surface area contributed by atoms with E-state index in [1.165, 1.54) is 31.2 Å². The van der Waals surface area contributed by atoms with Crippen molar-refractivity contribution >= 4 is 23.5 Å². The Bertz CT molecular complexity index is 873. The summed E-state index contributed by atoms with van der Waals surface area (Å²) < 4.78 is 12.9. The van der Waals surface area contributed by atoms with Crippen LogP contribution in [-0.2, 0) is 4.79 Å². The molecule has 0 radical (unpaired) electrons. The van der Waals surface area contributed by atoms with Gasteiger partial charge in [-0.15, -0.1) is 0 Å². The first-order chi connectivity index (χ1) is 12.4. The number of rotatable bonds is 5. The Hall–Kier alpha value is -3.35. The monoisotopic (exact) mass is 354 g/mol. The van der Waals surface area contributed by atoms with Crippen LogP contribution < -0.4 is 5.32 Å². The molecule has 1 N–H and O–H groups in total. The van der Waals surface area contributed by atoms with Gasteiger partial charge in [0.15, 0.2) is 5.78 Å². The second-order valence-corrected chi connectivity index (χ2v) is 5.85. The third kappa shape index (κ3) is 3.11. The first-order valence-electron chi connectivity index (χ1n) is 7.93. The number of hydrogen-bond donors (Lipinski definition) is 1. The van der Waals surface area contributed by atoms with Crippen LogP contribution in [0.4, 0.5) is 4.39 Å². The van der Waals surface area contributed by atoms with Crippen molar-refractivity contribution in [1.82, 2.24) is 10.2 Å². The lowest BCUT2D eigenvalue weighted by atomic mass is 10.1. The Kier molecular flexibility index (Phi) is 4.62. The van der Waals surface area contributed by atoms with Crippen LogP contribution in [-0.4, -0.2) is 41.0 Å². The minimum Gasteiger partial charge on any atom is -0.347 e. The Labute approximate surface area is 148 Å². The number of imide groups is 1. The highest BCUT2D eigenvalue weighted by atomic mass is 19.1. The van der Waals surface area contributed by atoms with Crippen molar-refractivity contribution in [2.24, 2.45) is 0 Å². The van der Waals surface area contributed by atoms with Crippen molar-refractivity contribution < 1.29 is 23.6 Å². The average Bonchev–Trinajstić information content (AvgIpc) is 2.90. The molecule has 0 aliphatic carbocycles. The summed E-state index contributed by atoms with van der Waals surface area (Å²) >= 11 is 0. The van der Waals surface area contributed by atoms with E-state index in [1.807, 2.05) is 0 Å². The molecule has 0 bridgehead atoms. The van der Waals surface area contributed by atoms with E-state index in [4.69, 9.17) is 0 Å². The van der Waals surface area contributed by atoms with Gasteiger partial charge in [0, 0.05) is 5.56 Å². The van der Waals surface area contributed by atoms with Crippen LogP contribution in [0.15, 0.2) is 48.5 Å². The Balaban J connectivity index is 1.65. The van der Waals surface area contributed by atoms with E-state index >= 15 is 0 Å². The van der Waals surface area contributed by atoms with Crippen molar-refractivity contribution in [3.8, 4) is 0 Å². The summed E-state index contributed by atoms with van der Waals surface area (Å²) in [4.78, 5) is 49.9. The molecule has 132 valence electrons. The van der Waals surface area contributed by atoms with Crippen molar-refractivity contribution in [1.29, 1.82) is 0 Å². The van der Waals surface area contributed by atoms with Crippen molar-refractivity contribution in [2.75, 3.05) is 6.54 Å². The van der Waals surface area contributed by atoms with Gasteiger partial charge in [-0.2, -0.15) is 0 Å². The van der Waals surface area contributed by atoms with Gasteiger partial charge in [0.1, 0.15) is 11.9 Å². The summed E-state index contributed by atoms with van der Waals surface area (Å²) in [6.07, 6.45) is 0. The average molecular weight is 354 g/mol. The molecule has 2 aromatic carbocycles. The zero-order chi connectivity index (χ0) is 18.8. The van der Waals surface area contributed by atoms with Crippen LogP contribution in [0.5, 0.6) is 0 Å². The lowest BCUT2D eigenvalue weighted by Gasteiger charge is -2.21. The zero-order valence-corrected chi connectivity index (χ0v) is 13.9. The Morgan fingerprint density at radius 3 is 2.08 bits per heavy atom. The number of ketones is 1. The predicted molar refractivity (Wildman–Crippen MR) is 90.1 cm³/mol. The molecule has 26 heavy (non-hydrogen) atoms. The topological polar surface area (TPSA) is 83.6 Å². The SMILES string of the molecule is C[C@@H](C(=O)NCC(=O)c1ccc(F)cc1)N1C(=O)c2ccccc2C1=O. The summed E-state index contributed by atoms with van der Waals surface area (Å²) in [6, 6.07) is 10.2. The maximum absolute atomic E-state index is 12.9. The number of benzene rings is 2. The van der Waals surface area contributed by atoms with Gasteiger partial charge < -0.3 is 5.32 Å². The molecule has 1 aliphatic heterocycles. The maximum Gasteiger partial charge on any atom is 0.262 e. The van der Waals surface area contributed by atoms with Gasteiger partial charge >= 0.3 is 0 Å². The molecule has 3 rings (SSSR count). The highest BCUT2D eigenvalue weighted by Crippen LogP contribution is 2.24. The lowest BCUT2D eigenvalue weighted by Crippen LogP contribution is -2.48. The van der Waals surface area contributed by atoms with E-state index in [1.54, 1.807) is 12.1 Å². The molecule has 7 heteroatoms. The van der Waals surface area contributed by atoms with Gasteiger partial charge in [-0.25, -0.2) is 4.39 Å². The molecule has 6 nitrogen and oxygen atoms in total. The number of amides is 3. The van der Waals surface area contributed by atoms with Crippen LogP contribution in [0.2, 0.25) is 0 Å². The molecular weight excluding hydrogens is 339 g/mol. The van der Waals surface area contributed by atoms with Gasteiger partial charge in [-0.3, -0.25) is 24.1 Å². The first kappa shape index (κ1) is 17.5. The molecule has 0 fully saturated rings. The number of halogens is 1. The zero-order valence-electron chi connectivity index (χ0n) is 13.9. The molecule has 0 saturated carbocycles. The fourth-order valence-electron chi connectivity index (χ4n) is 2.73. The van der Waals surface area contributed by atoms with Crippen molar-refractivity contribution in [3.05, 3.63) is 71.0 Å². The van der Waals surface area contributed by atoms with E-state index in [-0.39, 0.29) is 23.2 Å². The second-order valence-electron chi connectivity index (χ2n) is 5.85. The maximum atomic E-state index is 12.9. The number of Topliss-reactive ketones (excluding diaryl/α,β-unsaturated/α-hetero) is 1. The van der Waals surface area contributed by atoms with Crippen LogP contribution in [0.1, 0.15) is 38.0 Å². The summed E-state index contributed by atoms with van der Waals surface area (Å²) in [5.41, 5.74) is 0.749. The predicted octanol–water partition coefficient (Wildman–Crippen LogP) is 1.81. The quantitative estimate of drug-likeness (QED) is 0.656. The van der Waals surface area contributed by atoms with E-state index < -0.39 is 35.4 Å². The molecule has 1 atom stereocenters. The van der Waals surface area contributed by atoms with Crippen LogP contribution in [0, 0.1) is 5.82 Å². The fourth-order valence-corrected chi connectivity index (χ4v) is 2.73. The molecular formula is C19H15FN2O4. The van der Waals surface area contributed by atoms with Crippen molar-refractivity contribution in [3.63, 3.8) is 0 Å². The van der Waals surface area contributed by atoms with Crippen LogP contribution in [0.3, 0.4) is 0 Å². The number of nitrogens with one attached hydrogen (secondary N) is 1. The number of carbonyl (C=O) groups excluding carboxylic acids is 4. The fraction of sp³-hybridized carbons (Fsp3) is 0.158. The van der Waals surface area contributed by atoms with Crippen LogP contribution >= 0.6 is 0 Å². The number of fused-ring (bicyclic) bond motifs is 1. The van der Waals surface area contributed by atoms with E-state index in [0.29, 0.717) is 0 Å². The van der Waals surface area contributed by atoms with Crippen molar-refractivity contribution in [2.45, 2.75) is 13.0 Å². The van der Waals surface area contributed by atoms with Gasteiger partial charge in [0.2, 0.25) is 5.91 Å². The molecule has 3 amide bonds. The molecule has 0 spiro atoms. The minimum atomic E-state index is -1.07. The van der Waals surface area contributed by atoms with Gasteiger partial charge in [0.05, 0.1) is 17.7 Å². The summed E-state index contributed by atoms with van der Waals surface area (Å²) in [6.45, 7) is 1.09. The lowest BCUT2D eigenvalue weighted by molar-refractivity contribution is -0.124. The molecule has 0 saturated heterocycles. The Morgan fingerprint density at radius 2 is 1.54 bits per heavy atom. The number of hydrogen-bond acceptors (Lipinski definition) is 4. The Morgan fingerprint density at radius 1 is 1.00 bits per heavy atom. The number of carbonyl (C=O) groups is 4. The van der Waals surface area contributed by atoms with Gasteiger partial charge in [-0.05, 0) is 43.3 Å². The van der Waals surface area contributed by atoms with E-state index in [2.05, 4.69) is 5.32 Å². The van der Waals surface area contributed by atoms with Gasteiger partial charge in [0.25, 0.3) is 11.8 Å². The van der Waals surface area contributed by atoms with Crippen LogP contribution in [0.25, 0.3) is 0 Å². The molecule has 2 aromatic rings. The minimum absolute atomic E-state index is 0.250. The highest BCUT2D eigenvalue weighted by molar-refractivity contribution is 6.22. The second kappa shape index (κ2) is 6.87. The van der Waals surface area contributed by atoms with E-state index in [9.17, 15) is 23.6 Å². The number of nitrogens with zero attached hydrogens (tertiary/aromatic N) is 1. The molecule has 1 aliphatic rings. The standard InChI is InChI=1S/C19H15FN2O4/c1-11(22-18(25)14-4-2-3-5-15(14)19(22)26)17(24)21-10-16(23)12-6-8-13(20)9-7-12/h2-9,11H,10H2,1H3,(H,21,24)/t11-/m0/s1. The summed E-state index contributed by atoms with van der Waals surface area (Å²) in [5.74, 6) is -2.59. The normalized spacial score (nSPS) is 14.2. The molecule has 0 aromatic heterocycles. The first-order valence-corrected chi connectivity index (χ1v) is 7.93. The highest BCUT2D eigenvalue weighted by Gasteiger charge is 2.40. The van der Waals surface area contributed by atoms with Gasteiger partial charge in [-0.1, -0.05) is 12.1 Å². The summed E-state index contributed by atoms with van der Waals surface area (Å²) in [5, 5.41) is 2.41. The van der Waals surface area contributed by atoms with E-state index in [0.717, 1.165) is 17.0 Å².